The fourth-order valence-corrected chi connectivity index (χ4v) is 2.48. The predicted molar refractivity (Wildman–Crippen MR) is 93.8 cm³/mol. The van der Waals surface area contributed by atoms with Gasteiger partial charge in [0.25, 0.3) is 5.56 Å². The molecule has 1 aromatic heterocycles. The van der Waals surface area contributed by atoms with Crippen LogP contribution in [0.1, 0.15) is 26.7 Å². The third-order valence-corrected chi connectivity index (χ3v) is 4.19. The van der Waals surface area contributed by atoms with Crippen LogP contribution in [0, 0.1) is 0 Å². The van der Waals surface area contributed by atoms with Gasteiger partial charge >= 0.3 is 0 Å². The Morgan fingerprint density at radius 3 is 2.57 bits per heavy atom. The van der Waals surface area contributed by atoms with Crippen LogP contribution in [0.4, 0.5) is 0 Å². The van der Waals surface area contributed by atoms with Crippen LogP contribution in [0.2, 0.25) is 0 Å². The number of amides is 1. The van der Waals surface area contributed by atoms with Crippen molar-refractivity contribution in [2.75, 3.05) is 6.54 Å². The lowest BCUT2D eigenvalue weighted by atomic mass is 9.93. The van der Waals surface area contributed by atoms with Crippen molar-refractivity contribution in [3.63, 3.8) is 0 Å². The molecule has 0 saturated carbocycles. The molecule has 7 heteroatoms. The second kappa shape index (κ2) is 8.08. The summed E-state index contributed by atoms with van der Waals surface area (Å²) in [6.45, 7) is 4.29. The molecular weight excluding hydrogens is 316 g/mol. The summed E-state index contributed by atoms with van der Waals surface area (Å²) >= 11 is 0. The zero-order valence-corrected chi connectivity index (χ0v) is 14.2. The summed E-state index contributed by atoms with van der Waals surface area (Å²) in [7, 11) is 0. The van der Waals surface area contributed by atoms with Crippen molar-refractivity contribution in [3.8, 4) is 0 Å². The highest BCUT2D eigenvalue weighted by atomic mass is 35.5. The van der Waals surface area contributed by atoms with Gasteiger partial charge in [0, 0.05) is 6.54 Å². The lowest BCUT2D eigenvalue weighted by molar-refractivity contribution is -0.123. The molecule has 0 atom stereocenters. The van der Waals surface area contributed by atoms with Crippen molar-refractivity contribution in [2.24, 2.45) is 5.73 Å². The summed E-state index contributed by atoms with van der Waals surface area (Å²) in [5.74, 6) is -0.228. The second-order valence-corrected chi connectivity index (χ2v) is 5.43. The van der Waals surface area contributed by atoms with Gasteiger partial charge in [-0.2, -0.15) is 0 Å². The molecule has 23 heavy (non-hydrogen) atoms. The van der Waals surface area contributed by atoms with Crippen LogP contribution < -0.4 is 16.6 Å². The lowest BCUT2D eigenvalue weighted by Crippen LogP contribution is -2.54. The minimum Gasteiger partial charge on any atom is -0.348 e. The van der Waals surface area contributed by atoms with E-state index in [9.17, 15) is 9.59 Å². The highest BCUT2D eigenvalue weighted by molar-refractivity contribution is 5.85. The Labute approximate surface area is 141 Å². The molecular formula is C16H23ClN4O2. The molecule has 3 N–H and O–H groups in total. The molecule has 126 valence electrons. The first-order valence-corrected chi connectivity index (χ1v) is 7.50. The molecule has 1 heterocycles. The van der Waals surface area contributed by atoms with Crippen molar-refractivity contribution in [1.82, 2.24) is 14.9 Å². The molecule has 0 aliphatic rings. The van der Waals surface area contributed by atoms with Crippen molar-refractivity contribution in [2.45, 2.75) is 38.8 Å². The summed E-state index contributed by atoms with van der Waals surface area (Å²) < 4.78 is 1.32. The van der Waals surface area contributed by atoms with Crippen molar-refractivity contribution < 1.29 is 4.79 Å². The lowest BCUT2D eigenvalue weighted by Gasteiger charge is -2.31. The first-order chi connectivity index (χ1) is 10.5. The molecule has 6 nitrogen and oxygen atoms in total. The van der Waals surface area contributed by atoms with Crippen molar-refractivity contribution in [1.29, 1.82) is 0 Å². The quantitative estimate of drug-likeness (QED) is 0.834. The summed E-state index contributed by atoms with van der Waals surface area (Å²) in [4.78, 5) is 28.8. The van der Waals surface area contributed by atoms with Gasteiger partial charge in [-0.1, -0.05) is 26.0 Å². The maximum Gasteiger partial charge on any atom is 0.261 e. The van der Waals surface area contributed by atoms with E-state index >= 15 is 0 Å². The Balaban J connectivity index is 0.00000264. The van der Waals surface area contributed by atoms with E-state index in [-0.39, 0.29) is 30.4 Å². The SMILES string of the molecule is CCC(CC)(CN)NC(=O)Cn1cnc2ccccc2c1=O.Cl. The molecule has 1 amide bonds. The third-order valence-electron chi connectivity index (χ3n) is 4.19. The minimum atomic E-state index is -0.412. The standard InChI is InChI=1S/C16H22N4O2.ClH/c1-3-16(4-2,10-17)19-14(21)9-20-11-18-13-8-6-5-7-12(13)15(20)22;/h5-8,11H,3-4,9-10,17H2,1-2H3,(H,19,21);1H. The zero-order valence-electron chi connectivity index (χ0n) is 13.4. The molecule has 0 spiro atoms. The maximum atomic E-state index is 12.4. The van der Waals surface area contributed by atoms with Gasteiger partial charge in [-0.15, -0.1) is 12.4 Å². The number of carbonyl (C=O) groups is 1. The van der Waals surface area contributed by atoms with E-state index in [1.165, 1.54) is 10.9 Å². The average molecular weight is 339 g/mol. The van der Waals surface area contributed by atoms with E-state index in [4.69, 9.17) is 5.73 Å². The Bertz CT molecular complexity index is 717. The van der Waals surface area contributed by atoms with E-state index in [1.807, 2.05) is 19.9 Å². The van der Waals surface area contributed by atoms with Gasteiger partial charge in [-0.05, 0) is 25.0 Å². The number of halogens is 1. The molecule has 0 aliphatic carbocycles. The number of nitrogens with two attached hydrogens (primary N) is 1. The molecule has 1 aromatic carbocycles. The number of hydrogen-bond acceptors (Lipinski definition) is 4. The third kappa shape index (κ3) is 4.09. The van der Waals surface area contributed by atoms with Crippen molar-refractivity contribution in [3.05, 3.63) is 40.9 Å². The van der Waals surface area contributed by atoms with Gasteiger partial charge in [0.15, 0.2) is 0 Å². The van der Waals surface area contributed by atoms with Gasteiger partial charge in [0.2, 0.25) is 5.91 Å². The first-order valence-electron chi connectivity index (χ1n) is 7.50. The fraction of sp³-hybridized carbons (Fsp3) is 0.438. The number of benzene rings is 1. The Hall–Kier alpha value is -1.92. The van der Waals surface area contributed by atoms with Gasteiger partial charge in [-0.25, -0.2) is 4.98 Å². The van der Waals surface area contributed by atoms with Gasteiger partial charge in [0.1, 0.15) is 6.54 Å². The fourth-order valence-electron chi connectivity index (χ4n) is 2.48. The molecule has 0 bridgehead atoms. The van der Waals surface area contributed by atoms with Crippen molar-refractivity contribution >= 4 is 29.2 Å². The van der Waals surface area contributed by atoms with Crippen LogP contribution in [0.15, 0.2) is 35.4 Å². The first kappa shape index (κ1) is 19.1. The smallest absolute Gasteiger partial charge is 0.261 e. The molecule has 0 radical (unpaired) electrons. The molecule has 2 rings (SSSR count). The Morgan fingerprint density at radius 1 is 1.30 bits per heavy atom. The van der Waals surface area contributed by atoms with Crippen LogP contribution >= 0.6 is 12.4 Å². The summed E-state index contributed by atoms with van der Waals surface area (Å²) in [6, 6.07) is 7.09. The second-order valence-electron chi connectivity index (χ2n) is 5.43. The van der Waals surface area contributed by atoms with E-state index in [0.29, 0.717) is 17.4 Å². The normalized spacial score (nSPS) is 11.1. The van der Waals surface area contributed by atoms with E-state index in [0.717, 1.165) is 12.8 Å². The monoisotopic (exact) mass is 338 g/mol. The minimum absolute atomic E-state index is 0. The van der Waals surface area contributed by atoms with E-state index in [1.54, 1.807) is 18.2 Å². The number of rotatable bonds is 6. The maximum absolute atomic E-state index is 12.4. The Morgan fingerprint density at radius 2 is 1.96 bits per heavy atom. The van der Waals surface area contributed by atoms with Crippen LogP contribution in [0.3, 0.4) is 0 Å². The zero-order chi connectivity index (χ0) is 16.2. The number of fused-ring (bicyclic) bond motifs is 1. The number of aromatic nitrogens is 2. The number of nitrogens with one attached hydrogen (secondary N) is 1. The molecule has 2 aromatic rings. The molecule has 0 aliphatic heterocycles. The topological polar surface area (TPSA) is 90.0 Å². The summed E-state index contributed by atoms with van der Waals surface area (Å²) in [5.41, 5.74) is 5.78. The molecule has 0 fully saturated rings. The van der Waals surface area contributed by atoms with Crippen LogP contribution in [0.25, 0.3) is 10.9 Å². The predicted octanol–water partition coefficient (Wildman–Crippen LogP) is 1.45. The number of nitrogens with zero attached hydrogens (tertiary/aromatic N) is 2. The molecule has 0 saturated heterocycles. The van der Waals surface area contributed by atoms with Crippen LogP contribution in [-0.4, -0.2) is 27.5 Å². The van der Waals surface area contributed by atoms with Gasteiger partial charge < -0.3 is 11.1 Å². The summed E-state index contributed by atoms with van der Waals surface area (Å²) in [5, 5.41) is 3.46. The van der Waals surface area contributed by atoms with E-state index in [2.05, 4.69) is 10.3 Å². The largest absolute Gasteiger partial charge is 0.348 e. The van der Waals surface area contributed by atoms with E-state index < -0.39 is 5.54 Å². The van der Waals surface area contributed by atoms with Crippen LogP contribution in [-0.2, 0) is 11.3 Å². The summed E-state index contributed by atoms with van der Waals surface area (Å²) in [6.07, 6.45) is 2.90. The van der Waals surface area contributed by atoms with Gasteiger partial charge in [0.05, 0.1) is 22.8 Å². The average Bonchev–Trinajstić information content (AvgIpc) is 2.55. The molecule has 0 unspecified atom stereocenters. The highest BCUT2D eigenvalue weighted by Crippen LogP contribution is 2.13. The Kier molecular flexibility index (Phi) is 6.72. The van der Waals surface area contributed by atoms with Crippen LogP contribution in [0.5, 0.6) is 0 Å². The number of para-hydroxylation sites is 1. The number of carbonyl (C=O) groups excluding carboxylic acids is 1. The highest BCUT2D eigenvalue weighted by Gasteiger charge is 2.26. The number of hydrogen-bond donors (Lipinski definition) is 2. The van der Waals surface area contributed by atoms with Gasteiger partial charge in [-0.3, -0.25) is 14.2 Å².